The Labute approximate surface area is 215 Å². The van der Waals surface area contributed by atoms with Gasteiger partial charge in [0.05, 0.1) is 24.8 Å². The largest absolute Gasteiger partial charge is 0.457 e. The zero-order chi connectivity index (χ0) is 26.7. The second kappa shape index (κ2) is 10.7. The van der Waals surface area contributed by atoms with Crippen LogP contribution in [-0.2, 0) is 20.4 Å². The van der Waals surface area contributed by atoms with Gasteiger partial charge in [-0.05, 0) is 60.7 Å². The number of ether oxygens (including phenoxy) is 4. The summed E-state index contributed by atoms with van der Waals surface area (Å²) < 4.78 is 60.9. The number of amides is 2. The molecule has 5 rings (SSSR count). The molecule has 0 aromatic heterocycles. The van der Waals surface area contributed by atoms with Crippen LogP contribution in [0.15, 0.2) is 78.9 Å². The quantitative estimate of drug-likeness (QED) is 0.467. The molecule has 0 spiro atoms. The van der Waals surface area contributed by atoms with Crippen molar-refractivity contribution >= 4 is 17.7 Å². The molecule has 198 valence electrons. The minimum atomic E-state index is -4.49. The third kappa shape index (κ3) is 5.90. The fourth-order valence-corrected chi connectivity index (χ4v) is 4.27. The number of hydrogen-bond donors (Lipinski definition) is 2. The molecule has 3 aromatic rings. The van der Waals surface area contributed by atoms with Gasteiger partial charge < -0.3 is 24.3 Å². The summed E-state index contributed by atoms with van der Waals surface area (Å²) in [5.41, 5.74) is -0.265. The van der Waals surface area contributed by atoms with Crippen LogP contribution in [0.2, 0.25) is 0 Å². The monoisotopic (exact) mass is 528 g/mol. The summed E-state index contributed by atoms with van der Waals surface area (Å²) in [5, 5.41) is 5.37. The van der Waals surface area contributed by atoms with Crippen molar-refractivity contribution in [1.29, 1.82) is 0 Å². The highest BCUT2D eigenvalue weighted by atomic mass is 19.4. The zero-order valence-electron chi connectivity index (χ0n) is 19.8. The lowest BCUT2D eigenvalue weighted by Crippen LogP contribution is -2.44. The summed E-state index contributed by atoms with van der Waals surface area (Å²) >= 11 is 0. The Morgan fingerprint density at radius 2 is 1.47 bits per heavy atom. The first-order valence-electron chi connectivity index (χ1n) is 11.8. The van der Waals surface area contributed by atoms with Crippen molar-refractivity contribution in [2.24, 2.45) is 0 Å². The SMILES string of the molecule is O=C(Nc1ccc(Oc2ccccc2)cc1)O[C@@H]1CO[C@H]2[C@@H]1OC[C@@H]2NC(=O)c1ccc(C(F)(F)F)cc1. The molecule has 0 radical (unpaired) electrons. The van der Waals surface area contributed by atoms with E-state index in [1.165, 1.54) is 0 Å². The van der Waals surface area contributed by atoms with Gasteiger partial charge in [-0.2, -0.15) is 13.2 Å². The summed E-state index contributed by atoms with van der Waals surface area (Å²) in [7, 11) is 0. The molecule has 4 atom stereocenters. The molecular formula is C27H23F3N2O6. The van der Waals surface area contributed by atoms with E-state index in [-0.39, 0.29) is 18.8 Å². The predicted molar refractivity (Wildman–Crippen MR) is 129 cm³/mol. The van der Waals surface area contributed by atoms with Gasteiger partial charge in [-0.3, -0.25) is 10.1 Å². The van der Waals surface area contributed by atoms with Gasteiger partial charge in [-0.1, -0.05) is 18.2 Å². The van der Waals surface area contributed by atoms with Crippen molar-refractivity contribution < 1.29 is 41.7 Å². The van der Waals surface area contributed by atoms with E-state index in [0.717, 1.165) is 24.3 Å². The lowest BCUT2D eigenvalue weighted by atomic mass is 10.1. The van der Waals surface area contributed by atoms with Gasteiger partial charge in [0.25, 0.3) is 5.91 Å². The molecule has 0 bridgehead atoms. The average Bonchev–Trinajstić information content (AvgIpc) is 3.48. The maximum absolute atomic E-state index is 12.8. The first-order valence-corrected chi connectivity index (χ1v) is 11.8. The number of carbonyl (C=O) groups is 2. The van der Waals surface area contributed by atoms with E-state index < -0.39 is 48.1 Å². The van der Waals surface area contributed by atoms with Crippen LogP contribution in [0.3, 0.4) is 0 Å². The second-order valence-electron chi connectivity index (χ2n) is 8.76. The number of nitrogens with one attached hydrogen (secondary N) is 2. The van der Waals surface area contributed by atoms with E-state index in [1.54, 1.807) is 24.3 Å². The van der Waals surface area contributed by atoms with Crippen LogP contribution >= 0.6 is 0 Å². The van der Waals surface area contributed by atoms with Crippen molar-refractivity contribution in [3.8, 4) is 11.5 Å². The Kier molecular flexibility index (Phi) is 7.21. The minimum absolute atomic E-state index is 0.0687. The summed E-state index contributed by atoms with van der Waals surface area (Å²) in [6, 6.07) is 19.4. The molecule has 11 heteroatoms. The fraction of sp³-hybridized carbons (Fsp3) is 0.259. The highest BCUT2D eigenvalue weighted by Crippen LogP contribution is 2.31. The Morgan fingerprint density at radius 3 is 2.16 bits per heavy atom. The third-order valence-electron chi connectivity index (χ3n) is 6.14. The smallest absolute Gasteiger partial charge is 0.416 e. The summed E-state index contributed by atoms with van der Waals surface area (Å²) in [4.78, 5) is 25.0. The van der Waals surface area contributed by atoms with Crippen LogP contribution in [-0.4, -0.2) is 49.6 Å². The number of rotatable bonds is 6. The Morgan fingerprint density at radius 1 is 0.816 bits per heavy atom. The molecule has 2 aliphatic heterocycles. The Balaban J connectivity index is 1.11. The molecule has 38 heavy (non-hydrogen) atoms. The van der Waals surface area contributed by atoms with Crippen molar-refractivity contribution in [3.63, 3.8) is 0 Å². The van der Waals surface area contributed by atoms with Crippen LogP contribution < -0.4 is 15.4 Å². The lowest BCUT2D eigenvalue weighted by Gasteiger charge is -2.18. The van der Waals surface area contributed by atoms with Gasteiger partial charge >= 0.3 is 12.3 Å². The van der Waals surface area contributed by atoms with Crippen LogP contribution in [0, 0.1) is 0 Å². The summed E-state index contributed by atoms with van der Waals surface area (Å²) in [6.45, 7) is 0.172. The Hall–Kier alpha value is -4.09. The van der Waals surface area contributed by atoms with Crippen LogP contribution in [0.25, 0.3) is 0 Å². The highest BCUT2D eigenvalue weighted by molar-refractivity contribution is 5.94. The molecule has 8 nitrogen and oxygen atoms in total. The van der Waals surface area contributed by atoms with E-state index in [2.05, 4.69) is 10.6 Å². The molecule has 2 heterocycles. The second-order valence-corrected chi connectivity index (χ2v) is 8.76. The summed E-state index contributed by atoms with van der Waals surface area (Å²) in [5.74, 6) is 0.734. The number of benzene rings is 3. The molecule has 2 amide bonds. The molecule has 2 N–H and O–H groups in total. The number of para-hydroxylation sites is 1. The first kappa shape index (κ1) is 25.6. The number of fused-ring (bicyclic) bond motifs is 1. The number of hydrogen-bond acceptors (Lipinski definition) is 6. The topological polar surface area (TPSA) is 95.1 Å². The van der Waals surface area contributed by atoms with E-state index in [4.69, 9.17) is 18.9 Å². The molecule has 2 fully saturated rings. The van der Waals surface area contributed by atoms with Crippen molar-refractivity contribution in [2.45, 2.75) is 30.5 Å². The van der Waals surface area contributed by atoms with Gasteiger partial charge in [0.2, 0.25) is 0 Å². The molecule has 2 aliphatic rings. The number of alkyl halides is 3. The maximum atomic E-state index is 12.8. The van der Waals surface area contributed by atoms with Gasteiger partial charge in [-0.15, -0.1) is 0 Å². The predicted octanol–water partition coefficient (Wildman–Crippen LogP) is 5.01. The average molecular weight is 528 g/mol. The van der Waals surface area contributed by atoms with E-state index >= 15 is 0 Å². The molecule has 0 unspecified atom stereocenters. The van der Waals surface area contributed by atoms with Crippen LogP contribution in [0.1, 0.15) is 15.9 Å². The van der Waals surface area contributed by atoms with E-state index in [1.807, 2.05) is 30.3 Å². The lowest BCUT2D eigenvalue weighted by molar-refractivity contribution is -0.137. The van der Waals surface area contributed by atoms with Crippen molar-refractivity contribution in [3.05, 3.63) is 90.0 Å². The molecule has 0 aliphatic carbocycles. The number of anilines is 1. The fourth-order valence-electron chi connectivity index (χ4n) is 4.27. The minimum Gasteiger partial charge on any atom is -0.457 e. The summed E-state index contributed by atoms with van der Waals surface area (Å²) in [6.07, 6.45) is -7.05. The standard InChI is InChI=1S/C27H23F3N2O6/c28-27(29,30)17-8-6-16(7-9-17)25(33)32-21-14-35-24-22(15-36-23(21)24)38-26(34)31-18-10-12-20(13-11-18)37-19-4-2-1-3-5-19/h1-13,21-24H,14-15H2,(H,31,34)(H,32,33)/t21-,22+,23+,24+/m0/s1. The van der Waals surface area contributed by atoms with Gasteiger partial charge in [0, 0.05) is 11.3 Å². The molecule has 0 saturated carbocycles. The van der Waals surface area contributed by atoms with Gasteiger partial charge in [0.1, 0.15) is 23.7 Å². The molecule has 3 aromatic carbocycles. The third-order valence-corrected chi connectivity index (χ3v) is 6.14. The molecule has 2 saturated heterocycles. The van der Waals surface area contributed by atoms with E-state index in [9.17, 15) is 22.8 Å². The highest BCUT2D eigenvalue weighted by Gasteiger charge is 2.50. The Bertz CT molecular complexity index is 1270. The number of carbonyl (C=O) groups excluding carboxylic acids is 2. The van der Waals surface area contributed by atoms with Crippen LogP contribution in [0.5, 0.6) is 11.5 Å². The van der Waals surface area contributed by atoms with Gasteiger partial charge in [0.15, 0.2) is 6.10 Å². The van der Waals surface area contributed by atoms with Crippen LogP contribution in [0.4, 0.5) is 23.7 Å². The normalized spacial score (nSPS) is 22.4. The van der Waals surface area contributed by atoms with Gasteiger partial charge in [-0.25, -0.2) is 4.79 Å². The first-order chi connectivity index (χ1) is 18.3. The van der Waals surface area contributed by atoms with Crippen molar-refractivity contribution in [1.82, 2.24) is 5.32 Å². The zero-order valence-corrected chi connectivity index (χ0v) is 19.8. The molecular weight excluding hydrogens is 505 g/mol. The number of halogens is 3. The van der Waals surface area contributed by atoms with Crippen molar-refractivity contribution in [2.75, 3.05) is 18.5 Å². The van der Waals surface area contributed by atoms with E-state index in [0.29, 0.717) is 17.2 Å². The maximum Gasteiger partial charge on any atom is 0.416 e.